The first-order valence-electron chi connectivity index (χ1n) is 7.20. The summed E-state index contributed by atoms with van der Waals surface area (Å²) in [6.07, 6.45) is 1.43. The second kappa shape index (κ2) is 7.32. The van der Waals surface area contributed by atoms with Gasteiger partial charge in [-0.3, -0.25) is 4.79 Å². The van der Waals surface area contributed by atoms with Crippen LogP contribution in [0, 0.1) is 11.3 Å². The first-order valence-corrected chi connectivity index (χ1v) is 7.20. The summed E-state index contributed by atoms with van der Waals surface area (Å²) in [4.78, 5) is 11.7. The van der Waals surface area contributed by atoms with E-state index in [2.05, 4.69) is 13.8 Å². The summed E-state index contributed by atoms with van der Waals surface area (Å²) in [6.45, 7) is 11.1. The van der Waals surface area contributed by atoms with Gasteiger partial charge >= 0.3 is 5.97 Å². The molecule has 0 unspecified atom stereocenters. The van der Waals surface area contributed by atoms with Gasteiger partial charge in [0.1, 0.15) is 11.5 Å². The Balaban J connectivity index is 2.44. The minimum atomic E-state index is -0.203. The number of benzene rings is 1. The van der Waals surface area contributed by atoms with E-state index in [1.165, 1.54) is 0 Å². The number of carbonyl (C=O) groups is 1. The SMILES string of the molecule is CC(C)CCOc1ccc(OC(=O)CC(C)(C)C)cc1. The quantitative estimate of drug-likeness (QED) is 0.569. The van der Waals surface area contributed by atoms with E-state index in [0.29, 0.717) is 24.7 Å². The summed E-state index contributed by atoms with van der Waals surface area (Å²) >= 11 is 0. The number of hydrogen-bond acceptors (Lipinski definition) is 3. The van der Waals surface area contributed by atoms with Crippen molar-refractivity contribution in [2.45, 2.75) is 47.5 Å². The van der Waals surface area contributed by atoms with Crippen molar-refractivity contribution in [3.8, 4) is 11.5 Å². The smallest absolute Gasteiger partial charge is 0.311 e. The second-order valence-corrected chi connectivity index (χ2v) is 6.71. The Bertz CT molecular complexity index is 413. The zero-order chi connectivity index (χ0) is 15.2. The highest BCUT2D eigenvalue weighted by Crippen LogP contribution is 2.22. The first kappa shape index (κ1) is 16.5. The van der Waals surface area contributed by atoms with E-state index in [0.717, 1.165) is 12.2 Å². The molecule has 0 aliphatic carbocycles. The molecule has 0 aliphatic heterocycles. The Morgan fingerprint density at radius 1 is 1.10 bits per heavy atom. The molecule has 3 heteroatoms. The summed E-state index contributed by atoms with van der Waals surface area (Å²) in [7, 11) is 0. The molecule has 0 amide bonds. The van der Waals surface area contributed by atoms with Crippen molar-refractivity contribution >= 4 is 5.97 Å². The maximum Gasteiger partial charge on any atom is 0.311 e. The van der Waals surface area contributed by atoms with E-state index in [-0.39, 0.29) is 11.4 Å². The maximum absolute atomic E-state index is 11.7. The highest BCUT2D eigenvalue weighted by molar-refractivity contribution is 5.73. The topological polar surface area (TPSA) is 35.5 Å². The number of ether oxygens (including phenoxy) is 2. The fourth-order valence-electron chi connectivity index (χ4n) is 1.62. The van der Waals surface area contributed by atoms with Gasteiger partial charge in [0.2, 0.25) is 0 Å². The normalized spacial score (nSPS) is 11.5. The van der Waals surface area contributed by atoms with Crippen LogP contribution in [0.5, 0.6) is 11.5 Å². The van der Waals surface area contributed by atoms with Gasteiger partial charge in [-0.15, -0.1) is 0 Å². The summed E-state index contributed by atoms with van der Waals surface area (Å²) in [5, 5.41) is 0. The summed E-state index contributed by atoms with van der Waals surface area (Å²) in [5.74, 6) is 1.80. The zero-order valence-corrected chi connectivity index (χ0v) is 13.2. The number of esters is 1. The standard InChI is InChI=1S/C17H26O3/c1-13(2)10-11-19-14-6-8-15(9-7-14)20-16(18)12-17(3,4)5/h6-9,13H,10-12H2,1-5H3. The van der Waals surface area contributed by atoms with Gasteiger partial charge in [-0.05, 0) is 42.0 Å². The molecular weight excluding hydrogens is 252 g/mol. The highest BCUT2D eigenvalue weighted by atomic mass is 16.5. The van der Waals surface area contributed by atoms with Crippen molar-refractivity contribution in [1.29, 1.82) is 0 Å². The van der Waals surface area contributed by atoms with Crippen molar-refractivity contribution in [2.75, 3.05) is 6.61 Å². The molecule has 0 aromatic heterocycles. The van der Waals surface area contributed by atoms with E-state index in [9.17, 15) is 4.79 Å². The van der Waals surface area contributed by atoms with Crippen LogP contribution in [0.1, 0.15) is 47.5 Å². The molecule has 1 aromatic rings. The molecule has 20 heavy (non-hydrogen) atoms. The number of carbonyl (C=O) groups excluding carboxylic acids is 1. The molecule has 0 N–H and O–H groups in total. The number of rotatable bonds is 6. The molecule has 0 heterocycles. The lowest BCUT2D eigenvalue weighted by molar-refractivity contribution is -0.136. The molecular formula is C17H26O3. The van der Waals surface area contributed by atoms with Crippen LogP contribution < -0.4 is 9.47 Å². The molecule has 0 aliphatic rings. The Hall–Kier alpha value is -1.51. The molecule has 1 aromatic carbocycles. The van der Waals surface area contributed by atoms with E-state index in [4.69, 9.17) is 9.47 Å². The van der Waals surface area contributed by atoms with Crippen molar-refractivity contribution in [3.63, 3.8) is 0 Å². The number of hydrogen-bond donors (Lipinski definition) is 0. The van der Waals surface area contributed by atoms with Gasteiger partial charge in [0.15, 0.2) is 0 Å². The lowest BCUT2D eigenvalue weighted by Crippen LogP contribution is -2.17. The third-order valence-corrected chi connectivity index (χ3v) is 2.69. The minimum absolute atomic E-state index is 0.0586. The van der Waals surface area contributed by atoms with Crippen molar-refractivity contribution < 1.29 is 14.3 Å². The van der Waals surface area contributed by atoms with Crippen LogP contribution in [0.4, 0.5) is 0 Å². The fourth-order valence-corrected chi connectivity index (χ4v) is 1.62. The van der Waals surface area contributed by atoms with Crippen LogP contribution in [0.2, 0.25) is 0 Å². The molecule has 0 radical (unpaired) electrons. The van der Waals surface area contributed by atoms with Crippen molar-refractivity contribution in [1.82, 2.24) is 0 Å². The van der Waals surface area contributed by atoms with Crippen LogP contribution in [-0.4, -0.2) is 12.6 Å². The van der Waals surface area contributed by atoms with Crippen molar-refractivity contribution in [2.24, 2.45) is 11.3 Å². The molecule has 3 nitrogen and oxygen atoms in total. The van der Waals surface area contributed by atoms with Gasteiger partial charge < -0.3 is 9.47 Å². The average molecular weight is 278 g/mol. The highest BCUT2D eigenvalue weighted by Gasteiger charge is 2.17. The Labute approximate surface area is 122 Å². The van der Waals surface area contributed by atoms with E-state index in [1.807, 2.05) is 32.9 Å². The maximum atomic E-state index is 11.7. The van der Waals surface area contributed by atoms with Crippen LogP contribution >= 0.6 is 0 Å². The second-order valence-electron chi connectivity index (χ2n) is 6.71. The third kappa shape index (κ3) is 7.17. The first-order chi connectivity index (χ1) is 9.26. The summed E-state index contributed by atoms with van der Waals surface area (Å²) in [5.41, 5.74) is -0.0586. The largest absolute Gasteiger partial charge is 0.494 e. The predicted molar refractivity (Wildman–Crippen MR) is 81.1 cm³/mol. The van der Waals surface area contributed by atoms with Crippen molar-refractivity contribution in [3.05, 3.63) is 24.3 Å². The van der Waals surface area contributed by atoms with Crippen LogP contribution in [-0.2, 0) is 4.79 Å². The molecule has 0 saturated carbocycles. The monoisotopic (exact) mass is 278 g/mol. The van der Waals surface area contributed by atoms with E-state index in [1.54, 1.807) is 12.1 Å². The van der Waals surface area contributed by atoms with E-state index >= 15 is 0 Å². The Morgan fingerprint density at radius 2 is 1.65 bits per heavy atom. The lowest BCUT2D eigenvalue weighted by atomic mass is 9.92. The molecule has 1 rings (SSSR count). The predicted octanol–water partition coefficient (Wildman–Crippen LogP) is 4.45. The molecule has 0 fully saturated rings. The average Bonchev–Trinajstić information content (AvgIpc) is 2.28. The molecule has 0 atom stereocenters. The minimum Gasteiger partial charge on any atom is -0.494 e. The van der Waals surface area contributed by atoms with Gasteiger partial charge in [-0.2, -0.15) is 0 Å². The van der Waals surface area contributed by atoms with Gasteiger partial charge in [0.25, 0.3) is 0 Å². The molecule has 112 valence electrons. The van der Waals surface area contributed by atoms with Crippen LogP contribution in [0.15, 0.2) is 24.3 Å². The zero-order valence-electron chi connectivity index (χ0n) is 13.2. The summed E-state index contributed by atoms with van der Waals surface area (Å²) < 4.78 is 10.9. The Kier molecular flexibility index (Phi) is 6.05. The van der Waals surface area contributed by atoms with Gasteiger partial charge in [0.05, 0.1) is 13.0 Å². The molecule has 0 saturated heterocycles. The molecule has 0 spiro atoms. The van der Waals surface area contributed by atoms with Gasteiger partial charge in [-0.1, -0.05) is 34.6 Å². The van der Waals surface area contributed by atoms with Crippen LogP contribution in [0.3, 0.4) is 0 Å². The van der Waals surface area contributed by atoms with Crippen LogP contribution in [0.25, 0.3) is 0 Å². The van der Waals surface area contributed by atoms with Gasteiger partial charge in [0, 0.05) is 0 Å². The Morgan fingerprint density at radius 3 is 2.15 bits per heavy atom. The molecule has 0 bridgehead atoms. The van der Waals surface area contributed by atoms with E-state index < -0.39 is 0 Å². The lowest BCUT2D eigenvalue weighted by Gasteiger charge is -2.16. The van der Waals surface area contributed by atoms with Gasteiger partial charge in [-0.25, -0.2) is 0 Å². The fraction of sp³-hybridized carbons (Fsp3) is 0.588. The summed E-state index contributed by atoms with van der Waals surface area (Å²) in [6, 6.07) is 7.20. The third-order valence-electron chi connectivity index (χ3n) is 2.69.